The lowest BCUT2D eigenvalue weighted by Crippen LogP contribution is -2.41. The first-order valence-electron chi connectivity index (χ1n) is 9.51. The number of nitrogens with one attached hydrogen (secondary N) is 1. The first-order valence-corrected chi connectivity index (χ1v) is 9.51. The molecule has 0 aliphatic heterocycles. The van der Waals surface area contributed by atoms with Crippen molar-refractivity contribution in [3.63, 3.8) is 0 Å². The van der Waals surface area contributed by atoms with Crippen LogP contribution in [0.2, 0.25) is 0 Å². The fourth-order valence-electron chi connectivity index (χ4n) is 3.10. The van der Waals surface area contributed by atoms with Crippen molar-refractivity contribution in [3.05, 3.63) is 44.6 Å². The van der Waals surface area contributed by atoms with Gasteiger partial charge in [-0.15, -0.1) is 0 Å². The van der Waals surface area contributed by atoms with Crippen molar-refractivity contribution in [2.75, 3.05) is 31.4 Å². The molecule has 0 aliphatic carbocycles. The van der Waals surface area contributed by atoms with E-state index >= 15 is 0 Å². The Kier molecular flexibility index (Phi) is 7.46. The quantitative estimate of drug-likeness (QED) is 0.654. The first-order chi connectivity index (χ1) is 13.9. The average molecular weight is 404 g/mol. The number of aromatic amines is 1. The molecule has 1 amide bonds. The second-order valence-electron chi connectivity index (χ2n) is 6.50. The third-order valence-corrected chi connectivity index (χ3v) is 4.64. The highest BCUT2D eigenvalue weighted by Crippen LogP contribution is 2.28. The van der Waals surface area contributed by atoms with Gasteiger partial charge < -0.3 is 20.1 Å². The maximum absolute atomic E-state index is 13.0. The van der Waals surface area contributed by atoms with Crippen LogP contribution in [0.1, 0.15) is 32.3 Å². The second-order valence-corrected chi connectivity index (χ2v) is 6.50. The molecule has 2 rings (SSSR count). The fraction of sp³-hybridized carbons (Fsp3) is 0.450. The van der Waals surface area contributed by atoms with Gasteiger partial charge in [-0.25, -0.2) is 4.79 Å². The summed E-state index contributed by atoms with van der Waals surface area (Å²) in [5.41, 5.74) is 5.56. The highest BCUT2D eigenvalue weighted by molar-refractivity contribution is 5.96. The van der Waals surface area contributed by atoms with Crippen molar-refractivity contribution >= 4 is 17.4 Å². The van der Waals surface area contributed by atoms with Gasteiger partial charge in [-0.3, -0.25) is 19.1 Å². The van der Waals surface area contributed by atoms with Crippen molar-refractivity contribution in [3.8, 4) is 11.5 Å². The molecule has 0 aliphatic rings. The third-order valence-electron chi connectivity index (χ3n) is 4.64. The van der Waals surface area contributed by atoms with E-state index in [9.17, 15) is 14.4 Å². The summed E-state index contributed by atoms with van der Waals surface area (Å²) in [5, 5.41) is 0. The van der Waals surface area contributed by atoms with Crippen LogP contribution < -0.4 is 31.4 Å². The van der Waals surface area contributed by atoms with Crippen molar-refractivity contribution < 1.29 is 14.3 Å². The Labute approximate surface area is 169 Å². The number of rotatable bonds is 9. The average Bonchev–Trinajstić information content (AvgIpc) is 2.70. The minimum Gasteiger partial charge on any atom is -0.493 e. The van der Waals surface area contributed by atoms with Crippen LogP contribution in [-0.2, 0) is 17.8 Å². The number of hydrogen-bond acceptors (Lipinski definition) is 6. The van der Waals surface area contributed by atoms with Crippen LogP contribution in [0.3, 0.4) is 0 Å². The zero-order chi connectivity index (χ0) is 21.6. The summed E-state index contributed by atoms with van der Waals surface area (Å²) in [5.74, 6) is 0.735. The number of aromatic nitrogens is 2. The van der Waals surface area contributed by atoms with Gasteiger partial charge in [0.15, 0.2) is 17.2 Å². The first kappa shape index (κ1) is 22.1. The molecule has 0 saturated heterocycles. The molecule has 3 N–H and O–H groups in total. The molecule has 9 heteroatoms. The number of nitrogen functional groups attached to an aromatic ring is 1. The predicted octanol–water partition coefficient (Wildman–Crippen LogP) is 1.53. The van der Waals surface area contributed by atoms with Crippen LogP contribution in [0.25, 0.3) is 0 Å². The van der Waals surface area contributed by atoms with E-state index in [0.29, 0.717) is 23.6 Å². The lowest BCUT2D eigenvalue weighted by Gasteiger charge is -2.23. The Bertz CT molecular complexity index is 980. The van der Waals surface area contributed by atoms with Gasteiger partial charge in [0.2, 0.25) is 5.91 Å². The molecule has 2 aromatic rings. The molecule has 0 unspecified atom stereocenters. The number of methoxy groups -OCH3 is 2. The zero-order valence-corrected chi connectivity index (χ0v) is 17.3. The minimum atomic E-state index is -0.678. The van der Waals surface area contributed by atoms with Crippen molar-refractivity contribution in [1.29, 1.82) is 0 Å². The zero-order valence-electron chi connectivity index (χ0n) is 17.3. The summed E-state index contributed by atoms with van der Waals surface area (Å²) in [4.78, 5) is 41.1. The molecule has 9 nitrogen and oxygen atoms in total. The molecule has 29 heavy (non-hydrogen) atoms. The molecule has 0 saturated carbocycles. The largest absolute Gasteiger partial charge is 0.493 e. The molecule has 1 heterocycles. The van der Waals surface area contributed by atoms with Crippen molar-refractivity contribution in [1.82, 2.24) is 9.55 Å². The Morgan fingerprint density at radius 3 is 2.45 bits per heavy atom. The summed E-state index contributed by atoms with van der Waals surface area (Å²) in [6, 6.07) is 5.17. The van der Waals surface area contributed by atoms with E-state index in [1.807, 2.05) is 6.92 Å². The van der Waals surface area contributed by atoms with Crippen LogP contribution in [0, 0.1) is 0 Å². The topological polar surface area (TPSA) is 120 Å². The summed E-state index contributed by atoms with van der Waals surface area (Å²) in [6.45, 7) is 4.32. The van der Waals surface area contributed by atoms with Gasteiger partial charge in [0, 0.05) is 13.1 Å². The maximum Gasteiger partial charge on any atom is 0.330 e. The molecule has 0 spiro atoms. The van der Waals surface area contributed by atoms with Crippen LogP contribution in [0.5, 0.6) is 11.5 Å². The number of ether oxygens (including phenoxy) is 2. The van der Waals surface area contributed by atoms with E-state index in [4.69, 9.17) is 15.2 Å². The Balaban J connectivity index is 2.39. The van der Waals surface area contributed by atoms with Gasteiger partial charge in [-0.05, 0) is 31.0 Å². The molecule has 158 valence electrons. The molecule has 0 bridgehead atoms. The Morgan fingerprint density at radius 2 is 1.86 bits per heavy atom. The van der Waals surface area contributed by atoms with E-state index in [2.05, 4.69) is 4.98 Å². The highest BCUT2D eigenvalue weighted by atomic mass is 16.5. The smallest absolute Gasteiger partial charge is 0.330 e. The number of benzene rings is 1. The number of anilines is 2. The van der Waals surface area contributed by atoms with E-state index in [1.165, 1.54) is 23.7 Å². The monoisotopic (exact) mass is 404 g/mol. The Morgan fingerprint density at radius 1 is 1.17 bits per heavy atom. The molecule has 0 fully saturated rings. The number of H-pyrrole nitrogens is 1. The summed E-state index contributed by atoms with van der Waals surface area (Å²) >= 11 is 0. The van der Waals surface area contributed by atoms with Crippen LogP contribution >= 0.6 is 0 Å². The van der Waals surface area contributed by atoms with Crippen LogP contribution in [0.15, 0.2) is 27.8 Å². The lowest BCUT2D eigenvalue weighted by atomic mass is 10.1. The molecule has 0 radical (unpaired) electrons. The summed E-state index contributed by atoms with van der Waals surface area (Å²) < 4.78 is 11.8. The van der Waals surface area contributed by atoms with E-state index in [-0.39, 0.29) is 30.4 Å². The molecule has 0 atom stereocenters. The summed E-state index contributed by atoms with van der Waals surface area (Å²) in [7, 11) is 3.05. The van der Waals surface area contributed by atoms with Gasteiger partial charge in [-0.2, -0.15) is 0 Å². The number of unbranched alkanes of at least 4 members (excludes halogenated alkanes) is 1. The predicted molar refractivity (Wildman–Crippen MR) is 112 cm³/mol. The number of nitrogens with two attached hydrogens (primary N) is 1. The van der Waals surface area contributed by atoms with Crippen LogP contribution in [0.4, 0.5) is 11.5 Å². The number of likely N-dealkylation sites (N-methyl/N-ethyl adjacent to an activating group) is 1. The number of hydrogen-bond donors (Lipinski definition) is 2. The third kappa shape index (κ3) is 4.79. The van der Waals surface area contributed by atoms with Crippen LogP contribution in [-0.4, -0.2) is 36.2 Å². The van der Waals surface area contributed by atoms with Gasteiger partial charge >= 0.3 is 5.69 Å². The summed E-state index contributed by atoms with van der Waals surface area (Å²) in [6.07, 6.45) is 1.61. The number of carbonyl (C=O) groups excluding carboxylic acids is 1. The van der Waals surface area contributed by atoms with E-state index in [0.717, 1.165) is 12.8 Å². The number of nitrogens with zero attached hydrogens (tertiary/aromatic N) is 2. The molecule has 1 aromatic heterocycles. The molecule has 1 aromatic carbocycles. The van der Waals surface area contributed by atoms with Gasteiger partial charge in [-0.1, -0.05) is 19.4 Å². The van der Waals surface area contributed by atoms with Gasteiger partial charge in [0.05, 0.1) is 20.6 Å². The lowest BCUT2D eigenvalue weighted by molar-refractivity contribution is -0.117. The van der Waals surface area contributed by atoms with Crippen molar-refractivity contribution in [2.45, 2.75) is 39.7 Å². The number of carbonyl (C=O) groups is 1. The van der Waals surface area contributed by atoms with E-state index in [1.54, 1.807) is 25.1 Å². The second kappa shape index (κ2) is 9.81. The SMILES string of the molecule is CCCCn1c(N)c(N(CC)C(=O)Cc2ccc(OC)c(OC)c2)c(=O)[nH]c1=O. The normalized spacial score (nSPS) is 10.6. The number of amides is 1. The van der Waals surface area contributed by atoms with Gasteiger partial charge in [0.25, 0.3) is 5.56 Å². The Hall–Kier alpha value is -3.23. The minimum absolute atomic E-state index is 0.00490. The van der Waals surface area contributed by atoms with Gasteiger partial charge in [0.1, 0.15) is 5.82 Å². The van der Waals surface area contributed by atoms with E-state index < -0.39 is 11.2 Å². The fourth-order valence-corrected chi connectivity index (χ4v) is 3.10. The molecular weight excluding hydrogens is 376 g/mol. The highest BCUT2D eigenvalue weighted by Gasteiger charge is 2.23. The standard InChI is InChI=1S/C20H28N4O5/c1-5-7-10-24-18(21)17(19(26)22-20(24)27)23(6-2)16(25)12-13-8-9-14(28-3)15(11-13)29-4/h8-9,11H,5-7,10,12,21H2,1-4H3,(H,22,26,27). The maximum atomic E-state index is 13.0. The molecular formula is C20H28N4O5. The van der Waals surface area contributed by atoms with Crippen molar-refractivity contribution in [2.24, 2.45) is 0 Å².